The van der Waals surface area contributed by atoms with Gasteiger partial charge in [-0.05, 0) is 117 Å². The number of rotatable bonds is 4. The molecule has 10 atom stereocenters. The zero-order valence-corrected chi connectivity index (χ0v) is 25.6. The molecule has 0 aromatic heterocycles. The second-order valence-corrected chi connectivity index (χ2v) is 15.8. The molecular weight excluding hydrogens is 472 g/mol. The van der Waals surface area contributed by atoms with Gasteiger partial charge in [0.2, 0.25) is 0 Å². The molecule has 5 fully saturated rings. The lowest BCUT2D eigenvalue weighted by molar-refractivity contribution is -0.252. The fraction of sp³-hybridized carbons (Fsp3) is 0.882. The molecule has 5 saturated carbocycles. The summed E-state index contributed by atoms with van der Waals surface area (Å²) in [6.07, 6.45) is 12.0. The first kappa shape index (κ1) is 28.2. The molecule has 0 N–H and O–H groups in total. The van der Waals surface area contributed by atoms with Crippen molar-refractivity contribution in [3.63, 3.8) is 0 Å². The van der Waals surface area contributed by atoms with Crippen LogP contribution in [0.1, 0.15) is 120 Å². The van der Waals surface area contributed by atoms with Crippen LogP contribution >= 0.6 is 0 Å². The van der Waals surface area contributed by atoms with Crippen molar-refractivity contribution in [1.29, 1.82) is 0 Å². The van der Waals surface area contributed by atoms with Crippen LogP contribution in [0.15, 0.2) is 12.2 Å². The van der Waals surface area contributed by atoms with Gasteiger partial charge in [-0.25, -0.2) is 0 Å². The Hall–Kier alpha value is -1.32. The molecule has 5 aliphatic rings. The second-order valence-electron chi connectivity index (χ2n) is 15.8. The third kappa shape index (κ3) is 3.80. The minimum absolute atomic E-state index is 0.00000109. The predicted octanol–water partition coefficient (Wildman–Crippen LogP) is 8.14. The molecule has 0 aliphatic heterocycles. The molecule has 5 aliphatic carbocycles. The molecule has 4 heteroatoms. The summed E-state index contributed by atoms with van der Waals surface area (Å²) in [4.78, 5) is 23.8. The molecule has 0 unspecified atom stereocenters. The lowest BCUT2D eigenvalue weighted by Crippen LogP contribution is -2.67. The Morgan fingerprint density at radius 2 is 1.47 bits per heavy atom. The van der Waals surface area contributed by atoms with Crippen LogP contribution in [0.2, 0.25) is 0 Å². The Balaban J connectivity index is 1.49. The third-order valence-electron chi connectivity index (χ3n) is 14.0. The van der Waals surface area contributed by atoms with Crippen LogP contribution < -0.4 is 0 Å². The number of carbonyl (C=O) groups is 2. The average Bonchev–Trinajstić information content (AvgIpc) is 3.20. The van der Waals surface area contributed by atoms with Crippen molar-refractivity contribution in [3.05, 3.63) is 12.2 Å². The SMILES string of the molecule is C=C(C)[C@@H]1CC[C@@]2(COC(C)=O)CC[C@@]3(C)[C@@H](CC[C@H]4[C@@]5(C)CC[C@H](OC(C)=O)C(C)(C)[C@H]5CC[C@]43C)[C@@H]12. The molecule has 4 nitrogen and oxygen atoms in total. The molecule has 214 valence electrons. The maximum Gasteiger partial charge on any atom is 0.302 e. The first-order valence-electron chi connectivity index (χ1n) is 15.6. The molecule has 0 saturated heterocycles. The molecule has 0 heterocycles. The van der Waals surface area contributed by atoms with Gasteiger partial charge in [-0.1, -0.05) is 46.8 Å². The zero-order valence-electron chi connectivity index (χ0n) is 25.6. The minimum Gasteiger partial charge on any atom is -0.465 e. The molecule has 0 aromatic carbocycles. The molecule has 0 aromatic rings. The summed E-state index contributed by atoms with van der Waals surface area (Å²) >= 11 is 0. The van der Waals surface area contributed by atoms with Crippen molar-refractivity contribution >= 4 is 11.9 Å². The van der Waals surface area contributed by atoms with Gasteiger partial charge in [0.1, 0.15) is 6.10 Å². The molecule has 38 heavy (non-hydrogen) atoms. The highest BCUT2D eigenvalue weighted by molar-refractivity contribution is 5.66. The number of hydrogen-bond acceptors (Lipinski definition) is 4. The van der Waals surface area contributed by atoms with Crippen molar-refractivity contribution in [2.75, 3.05) is 6.61 Å². The normalized spacial score (nSPS) is 49.1. The maximum absolute atomic E-state index is 11.9. The fourth-order valence-electron chi connectivity index (χ4n) is 12.2. The summed E-state index contributed by atoms with van der Waals surface area (Å²) < 4.78 is 11.7. The van der Waals surface area contributed by atoms with Crippen molar-refractivity contribution in [1.82, 2.24) is 0 Å². The first-order valence-corrected chi connectivity index (χ1v) is 15.6. The number of fused-ring (bicyclic) bond motifs is 7. The maximum atomic E-state index is 11.9. The van der Waals surface area contributed by atoms with Gasteiger partial charge in [0, 0.05) is 24.7 Å². The molecule has 0 spiro atoms. The summed E-state index contributed by atoms with van der Waals surface area (Å²) in [5.41, 5.74) is 2.30. The number of allylic oxidation sites excluding steroid dienone is 1. The van der Waals surface area contributed by atoms with E-state index in [0.29, 0.717) is 41.6 Å². The van der Waals surface area contributed by atoms with Crippen LogP contribution in [0.25, 0.3) is 0 Å². The average molecular weight is 527 g/mol. The lowest BCUT2D eigenvalue weighted by Gasteiger charge is -2.73. The number of esters is 2. The minimum atomic E-state index is -0.140. The van der Waals surface area contributed by atoms with Crippen LogP contribution in [-0.4, -0.2) is 24.6 Å². The quantitative estimate of drug-likeness (QED) is 0.274. The zero-order chi connectivity index (χ0) is 27.9. The Morgan fingerprint density at radius 1 is 0.763 bits per heavy atom. The largest absolute Gasteiger partial charge is 0.465 e. The van der Waals surface area contributed by atoms with Gasteiger partial charge in [-0.3, -0.25) is 9.59 Å². The fourth-order valence-corrected chi connectivity index (χ4v) is 12.2. The van der Waals surface area contributed by atoms with E-state index in [1.165, 1.54) is 56.9 Å². The molecule has 5 rings (SSSR count). The Kier molecular flexibility index (Phi) is 6.76. The summed E-state index contributed by atoms with van der Waals surface area (Å²) in [6, 6.07) is 0. The predicted molar refractivity (Wildman–Crippen MR) is 151 cm³/mol. The van der Waals surface area contributed by atoms with E-state index in [9.17, 15) is 9.59 Å². The standard InChI is InChI=1S/C34H54O4/c1-21(2)24-12-17-34(20-37-22(3)35)19-18-32(8)25(29(24)34)10-11-27-31(7)15-14-28(38-23(4)36)30(5,6)26(31)13-16-33(27,32)9/h24-29H,1,10-20H2,2-9H3/t24-,25-,26+,27-,28-,29+,31-,32-,33+,34-/m0/s1. The Morgan fingerprint density at radius 3 is 2.11 bits per heavy atom. The van der Waals surface area contributed by atoms with E-state index in [-0.39, 0.29) is 39.7 Å². The van der Waals surface area contributed by atoms with Crippen molar-refractivity contribution in [2.45, 2.75) is 126 Å². The number of carbonyl (C=O) groups excluding carboxylic acids is 2. The van der Waals surface area contributed by atoms with Crippen molar-refractivity contribution in [2.24, 2.45) is 56.7 Å². The van der Waals surface area contributed by atoms with E-state index in [1.54, 1.807) is 13.8 Å². The van der Waals surface area contributed by atoms with Gasteiger partial charge in [0.05, 0.1) is 6.61 Å². The van der Waals surface area contributed by atoms with Gasteiger partial charge in [-0.15, -0.1) is 0 Å². The number of ether oxygens (including phenoxy) is 2. The van der Waals surface area contributed by atoms with Crippen LogP contribution in [0.4, 0.5) is 0 Å². The van der Waals surface area contributed by atoms with Crippen molar-refractivity contribution < 1.29 is 19.1 Å². The highest BCUT2D eigenvalue weighted by Gasteiger charge is 2.71. The summed E-state index contributed by atoms with van der Waals surface area (Å²) in [5, 5.41) is 0. The van der Waals surface area contributed by atoms with Crippen LogP contribution in [0.3, 0.4) is 0 Å². The highest BCUT2D eigenvalue weighted by Crippen LogP contribution is 2.77. The van der Waals surface area contributed by atoms with Crippen LogP contribution in [0.5, 0.6) is 0 Å². The summed E-state index contributed by atoms with van der Waals surface area (Å²) in [5.74, 6) is 2.76. The first-order chi connectivity index (χ1) is 17.6. The van der Waals surface area contributed by atoms with Crippen LogP contribution in [-0.2, 0) is 19.1 Å². The Bertz CT molecular complexity index is 998. The third-order valence-corrected chi connectivity index (χ3v) is 14.0. The topological polar surface area (TPSA) is 52.6 Å². The lowest BCUT2D eigenvalue weighted by atomic mass is 9.32. The second kappa shape index (κ2) is 9.10. The van der Waals surface area contributed by atoms with E-state index in [4.69, 9.17) is 9.47 Å². The molecular formula is C34H54O4. The van der Waals surface area contributed by atoms with Crippen LogP contribution in [0, 0.1) is 56.7 Å². The number of hydrogen-bond donors (Lipinski definition) is 0. The summed E-state index contributed by atoms with van der Waals surface area (Å²) in [7, 11) is 0. The van der Waals surface area contributed by atoms with Gasteiger partial charge >= 0.3 is 11.9 Å². The van der Waals surface area contributed by atoms with E-state index in [2.05, 4.69) is 48.1 Å². The smallest absolute Gasteiger partial charge is 0.302 e. The highest BCUT2D eigenvalue weighted by atomic mass is 16.5. The van der Waals surface area contributed by atoms with Crippen molar-refractivity contribution in [3.8, 4) is 0 Å². The molecule has 0 radical (unpaired) electrons. The Labute approximate surface area is 232 Å². The van der Waals surface area contributed by atoms with Gasteiger partial charge in [0.15, 0.2) is 0 Å². The molecule has 0 bridgehead atoms. The van der Waals surface area contributed by atoms with Gasteiger partial charge < -0.3 is 9.47 Å². The molecule has 0 amide bonds. The van der Waals surface area contributed by atoms with E-state index in [1.807, 2.05) is 0 Å². The van der Waals surface area contributed by atoms with Gasteiger partial charge in [0.25, 0.3) is 0 Å². The van der Waals surface area contributed by atoms with E-state index >= 15 is 0 Å². The van der Waals surface area contributed by atoms with Gasteiger partial charge in [-0.2, -0.15) is 0 Å². The van der Waals surface area contributed by atoms with E-state index < -0.39 is 0 Å². The van der Waals surface area contributed by atoms with E-state index in [0.717, 1.165) is 12.8 Å². The monoisotopic (exact) mass is 526 g/mol. The summed E-state index contributed by atoms with van der Waals surface area (Å²) in [6.45, 7) is 23.1.